The summed E-state index contributed by atoms with van der Waals surface area (Å²) in [4.78, 5) is 30.2. The highest BCUT2D eigenvalue weighted by Crippen LogP contribution is 2.29. The zero-order valence-electron chi connectivity index (χ0n) is 21.5. The highest BCUT2D eigenvalue weighted by molar-refractivity contribution is 7.17. The highest BCUT2D eigenvalue weighted by Gasteiger charge is 2.32. The smallest absolute Gasteiger partial charge is 0.349 e. The number of benzene rings is 2. The van der Waals surface area contributed by atoms with Crippen LogP contribution < -0.4 is 10.1 Å². The lowest BCUT2D eigenvalue weighted by atomic mass is 10.0. The van der Waals surface area contributed by atoms with Gasteiger partial charge in [-0.2, -0.15) is 0 Å². The van der Waals surface area contributed by atoms with Crippen LogP contribution in [0.1, 0.15) is 72.6 Å². The lowest BCUT2D eigenvalue weighted by Gasteiger charge is -2.25. The Balaban J connectivity index is 1.65. The molecular formula is C28H34N2O4S. The number of thiazole rings is 1. The summed E-state index contributed by atoms with van der Waals surface area (Å²) in [7, 11) is 0. The third-order valence-electron chi connectivity index (χ3n) is 5.65. The van der Waals surface area contributed by atoms with Gasteiger partial charge in [-0.3, -0.25) is 4.79 Å². The third-order valence-corrected chi connectivity index (χ3v) is 6.86. The summed E-state index contributed by atoms with van der Waals surface area (Å²) in [6.07, 6.45) is 0. The number of amides is 1. The SMILES string of the molecule is CCOC(=O)C(C)(C)Oc1ccc(CNC(=O)c2sc(-c3ccc(C(C)C)cc3)nc2C)cc1C. The monoisotopic (exact) mass is 494 g/mol. The number of carbonyl (C=O) groups excluding carboxylic acids is 2. The molecule has 0 aliphatic heterocycles. The van der Waals surface area contributed by atoms with Gasteiger partial charge in [0.2, 0.25) is 0 Å². The molecule has 6 nitrogen and oxygen atoms in total. The molecule has 186 valence electrons. The second-order valence-corrected chi connectivity index (χ2v) is 10.3. The maximum atomic E-state index is 12.9. The van der Waals surface area contributed by atoms with Gasteiger partial charge < -0.3 is 14.8 Å². The van der Waals surface area contributed by atoms with Crippen LogP contribution in [0.2, 0.25) is 0 Å². The number of hydrogen-bond acceptors (Lipinski definition) is 6. The maximum absolute atomic E-state index is 12.9. The molecule has 35 heavy (non-hydrogen) atoms. The van der Waals surface area contributed by atoms with Crippen LogP contribution in [0.3, 0.4) is 0 Å². The first kappa shape index (κ1) is 26.4. The van der Waals surface area contributed by atoms with Crippen molar-refractivity contribution in [1.82, 2.24) is 10.3 Å². The van der Waals surface area contributed by atoms with Gasteiger partial charge in [0, 0.05) is 12.1 Å². The van der Waals surface area contributed by atoms with Crippen molar-refractivity contribution in [3.63, 3.8) is 0 Å². The maximum Gasteiger partial charge on any atom is 0.349 e. The van der Waals surface area contributed by atoms with Crippen LogP contribution in [0.25, 0.3) is 10.6 Å². The topological polar surface area (TPSA) is 77.5 Å². The molecular weight excluding hydrogens is 460 g/mol. The standard InChI is InChI=1S/C28H34N2O4S/c1-8-33-27(32)28(6,7)34-23-14-9-20(15-18(23)4)16-29-25(31)24-19(5)30-26(35-24)22-12-10-21(11-13-22)17(2)3/h9-15,17H,8,16H2,1-7H3,(H,29,31). The Morgan fingerprint density at radius 3 is 2.37 bits per heavy atom. The molecule has 3 rings (SSSR count). The molecule has 1 aromatic heterocycles. The van der Waals surface area contributed by atoms with Gasteiger partial charge in [0.15, 0.2) is 5.60 Å². The van der Waals surface area contributed by atoms with Gasteiger partial charge >= 0.3 is 5.97 Å². The van der Waals surface area contributed by atoms with E-state index in [1.165, 1.54) is 16.9 Å². The number of aromatic nitrogens is 1. The summed E-state index contributed by atoms with van der Waals surface area (Å²) in [5.74, 6) is 0.513. The molecule has 0 saturated heterocycles. The Hall–Kier alpha value is -3.19. The van der Waals surface area contributed by atoms with E-state index < -0.39 is 11.6 Å². The number of nitrogens with one attached hydrogen (secondary N) is 1. The fraction of sp³-hybridized carbons (Fsp3) is 0.393. The van der Waals surface area contributed by atoms with E-state index in [-0.39, 0.29) is 5.91 Å². The second kappa shape index (κ2) is 11.0. The Kier molecular flexibility index (Phi) is 8.33. The lowest BCUT2D eigenvalue weighted by molar-refractivity contribution is -0.158. The van der Waals surface area contributed by atoms with E-state index in [2.05, 4.69) is 48.4 Å². The summed E-state index contributed by atoms with van der Waals surface area (Å²) >= 11 is 1.40. The normalized spacial score (nSPS) is 11.4. The first-order valence-corrected chi connectivity index (χ1v) is 12.6. The van der Waals surface area contributed by atoms with Gasteiger partial charge in [0.25, 0.3) is 5.91 Å². The van der Waals surface area contributed by atoms with Crippen molar-refractivity contribution in [2.24, 2.45) is 0 Å². The van der Waals surface area contributed by atoms with E-state index in [4.69, 9.17) is 9.47 Å². The average Bonchev–Trinajstić information content (AvgIpc) is 3.21. The van der Waals surface area contributed by atoms with Crippen LogP contribution in [0.5, 0.6) is 5.75 Å². The predicted octanol–water partition coefficient (Wildman–Crippen LogP) is 6.20. The molecule has 0 saturated carbocycles. The first-order valence-electron chi connectivity index (χ1n) is 11.8. The van der Waals surface area contributed by atoms with E-state index in [0.29, 0.717) is 29.7 Å². The number of carbonyl (C=O) groups is 2. The van der Waals surface area contributed by atoms with Gasteiger partial charge in [-0.05, 0) is 63.3 Å². The van der Waals surface area contributed by atoms with E-state index in [0.717, 1.165) is 27.4 Å². The van der Waals surface area contributed by atoms with Crippen molar-refractivity contribution in [3.05, 3.63) is 69.7 Å². The zero-order chi connectivity index (χ0) is 25.8. The molecule has 0 aliphatic rings. The average molecular weight is 495 g/mol. The molecule has 0 atom stereocenters. The summed E-state index contributed by atoms with van der Waals surface area (Å²) in [5, 5.41) is 3.83. The molecule has 0 spiro atoms. The van der Waals surface area contributed by atoms with Gasteiger partial charge in [0.1, 0.15) is 15.6 Å². The summed E-state index contributed by atoms with van der Waals surface area (Å²) in [6, 6.07) is 14.0. The second-order valence-electron chi connectivity index (χ2n) is 9.33. The highest BCUT2D eigenvalue weighted by atomic mass is 32.1. The first-order chi connectivity index (χ1) is 16.5. The third kappa shape index (κ3) is 6.48. The molecule has 7 heteroatoms. The van der Waals surface area contributed by atoms with Gasteiger partial charge in [-0.25, -0.2) is 9.78 Å². The van der Waals surface area contributed by atoms with Crippen LogP contribution in [0, 0.1) is 13.8 Å². The number of esters is 1. The number of aryl methyl sites for hydroxylation is 2. The van der Waals surface area contributed by atoms with Crippen molar-refractivity contribution in [3.8, 4) is 16.3 Å². The number of nitrogens with zero attached hydrogens (tertiary/aromatic N) is 1. The molecule has 0 bridgehead atoms. The van der Waals surface area contributed by atoms with Crippen molar-refractivity contribution in [1.29, 1.82) is 0 Å². The number of hydrogen-bond donors (Lipinski definition) is 1. The van der Waals surface area contributed by atoms with Crippen LogP contribution in [0.4, 0.5) is 0 Å². The molecule has 1 heterocycles. The molecule has 0 radical (unpaired) electrons. The van der Waals surface area contributed by atoms with Gasteiger partial charge in [0.05, 0.1) is 12.3 Å². The molecule has 0 unspecified atom stereocenters. The van der Waals surface area contributed by atoms with Crippen LogP contribution >= 0.6 is 11.3 Å². The van der Waals surface area contributed by atoms with Crippen molar-refractivity contribution in [2.75, 3.05) is 6.61 Å². The number of ether oxygens (including phenoxy) is 2. The fourth-order valence-corrected chi connectivity index (χ4v) is 4.55. The van der Waals surface area contributed by atoms with E-state index in [1.54, 1.807) is 20.8 Å². The lowest BCUT2D eigenvalue weighted by Crippen LogP contribution is -2.39. The minimum absolute atomic E-state index is 0.147. The predicted molar refractivity (Wildman–Crippen MR) is 140 cm³/mol. The summed E-state index contributed by atoms with van der Waals surface area (Å²) in [5.41, 5.74) is 3.72. The summed E-state index contributed by atoms with van der Waals surface area (Å²) < 4.78 is 11.0. The van der Waals surface area contributed by atoms with Crippen molar-refractivity contribution < 1.29 is 19.1 Å². The molecule has 1 amide bonds. The number of rotatable bonds is 9. The summed E-state index contributed by atoms with van der Waals surface area (Å²) in [6.45, 7) is 13.9. The Morgan fingerprint density at radius 2 is 1.77 bits per heavy atom. The van der Waals surface area contributed by atoms with Crippen molar-refractivity contribution in [2.45, 2.75) is 66.5 Å². The largest absolute Gasteiger partial charge is 0.476 e. The molecule has 0 fully saturated rings. The minimum Gasteiger partial charge on any atom is -0.476 e. The molecule has 2 aromatic carbocycles. The fourth-order valence-electron chi connectivity index (χ4n) is 3.56. The van der Waals surface area contributed by atoms with E-state index in [9.17, 15) is 9.59 Å². The molecule has 1 N–H and O–H groups in total. The van der Waals surface area contributed by atoms with Crippen LogP contribution in [-0.2, 0) is 16.1 Å². The molecule has 0 aliphatic carbocycles. The Bertz CT molecular complexity index is 1200. The quantitative estimate of drug-likeness (QED) is 0.358. The van der Waals surface area contributed by atoms with Crippen LogP contribution in [-0.4, -0.2) is 29.1 Å². The Morgan fingerprint density at radius 1 is 1.09 bits per heavy atom. The minimum atomic E-state index is -1.09. The zero-order valence-corrected chi connectivity index (χ0v) is 22.3. The van der Waals surface area contributed by atoms with Gasteiger partial charge in [-0.1, -0.05) is 50.2 Å². The van der Waals surface area contributed by atoms with Gasteiger partial charge in [-0.15, -0.1) is 11.3 Å². The van der Waals surface area contributed by atoms with E-state index >= 15 is 0 Å². The van der Waals surface area contributed by atoms with Crippen molar-refractivity contribution >= 4 is 23.2 Å². The molecule has 3 aromatic rings. The Labute approximate surface area is 211 Å². The van der Waals surface area contributed by atoms with E-state index in [1.807, 2.05) is 32.0 Å². The van der Waals surface area contributed by atoms with Crippen LogP contribution in [0.15, 0.2) is 42.5 Å².